The molecule has 1 aliphatic carbocycles. The third kappa shape index (κ3) is 2.60. The Hall–Kier alpha value is 0.170. The first kappa shape index (κ1) is 9.26. The third-order valence-corrected chi connectivity index (χ3v) is 2.75. The van der Waals surface area contributed by atoms with E-state index < -0.39 is 0 Å². The quantitative estimate of drug-likeness (QED) is 0.393. The van der Waals surface area contributed by atoms with E-state index >= 15 is 0 Å². The minimum absolute atomic E-state index is 0.202. The van der Waals surface area contributed by atoms with Gasteiger partial charge in [0.15, 0.2) is 0 Å². The van der Waals surface area contributed by atoms with Crippen LogP contribution in [0.5, 0.6) is 0 Å². The highest BCUT2D eigenvalue weighted by atomic mass is 33.1. The standard InChI is InChI=1S/C7H12O2S2/c1-7(4-2-3-5-7)9-6(8)11-10/h10H,2-5H2,1H3. The Labute approximate surface area is 75.9 Å². The maximum Gasteiger partial charge on any atom is 0.378 e. The molecule has 1 saturated carbocycles. The Morgan fingerprint density at radius 1 is 1.55 bits per heavy atom. The van der Waals surface area contributed by atoms with Gasteiger partial charge in [0, 0.05) is 10.8 Å². The molecule has 0 atom stereocenters. The molecule has 1 rings (SSSR count). The van der Waals surface area contributed by atoms with Crippen LogP contribution in [0.3, 0.4) is 0 Å². The molecule has 2 nitrogen and oxygen atoms in total. The van der Waals surface area contributed by atoms with Crippen molar-refractivity contribution in [2.24, 2.45) is 0 Å². The first-order valence-corrected chi connectivity index (χ1v) is 5.58. The van der Waals surface area contributed by atoms with Crippen molar-refractivity contribution in [1.29, 1.82) is 0 Å². The van der Waals surface area contributed by atoms with Crippen LogP contribution in [0.1, 0.15) is 32.6 Å². The number of carbonyl (C=O) groups is 1. The molecule has 0 bridgehead atoms. The lowest BCUT2D eigenvalue weighted by molar-refractivity contribution is 0.0494. The zero-order valence-corrected chi connectivity index (χ0v) is 8.21. The lowest BCUT2D eigenvalue weighted by atomic mass is 10.1. The zero-order valence-electron chi connectivity index (χ0n) is 6.50. The predicted octanol–water partition coefficient (Wildman–Crippen LogP) is 3.03. The van der Waals surface area contributed by atoms with Crippen LogP contribution in [0, 0.1) is 0 Å². The lowest BCUT2D eigenvalue weighted by Gasteiger charge is -2.22. The van der Waals surface area contributed by atoms with Crippen molar-refractivity contribution in [3.63, 3.8) is 0 Å². The summed E-state index contributed by atoms with van der Waals surface area (Å²) in [7, 11) is 0.843. The molecule has 0 radical (unpaired) electrons. The summed E-state index contributed by atoms with van der Waals surface area (Å²) in [5.41, 5.74) is -0.202. The molecule has 11 heavy (non-hydrogen) atoms. The monoisotopic (exact) mass is 192 g/mol. The highest BCUT2D eigenvalue weighted by Crippen LogP contribution is 2.34. The molecule has 0 amide bonds. The second-order valence-electron chi connectivity index (χ2n) is 3.10. The molecule has 1 aliphatic rings. The van der Waals surface area contributed by atoms with Gasteiger partial charge >= 0.3 is 5.30 Å². The fourth-order valence-corrected chi connectivity index (χ4v) is 1.80. The van der Waals surface area contributed by atoms with Gasteiger partial charge in [0.05, 0.1) is 0 Å². The van der Waals surface area contributed by atoms with Crippen LogP contribution in [-0.4, -0.2) is 10.9 Å². The normalized spacial score (nSPS) is 21.6. The maximum atomic E-state index is 10.8. The molecule has 0 saturated heterocycles. The van der Waals surface area contributed by atoms with E-state index in [2.05, 4.69) is 11.7 Å². The van der Waals surface area contributed by atoms with Gasteiger partial charge in [0.2, 0.25) is 0 Å². The largest absolute Gasteiger partial charge is 0.451 e. The second kappa shape index (κ2) is 3.72. The summed E-state index contributed by atoms with van der Waals surface area (Å²) >= 11 is 3.77. The summed E-state index contributed by atoms with van der Waals surface area (Å²) in [6, 6.07) is 0. The summed E-state index contributed by atoms with van der Waals surface area (Å²) in [6.07, 6.45) is 4.32. The van der Waals surface area contributed by atoms with Crippen molar-refractivity contribution in [3.05, 3.63) is 0 Å². The van der Waals surface area contributed by atoms with Gasteiger partial charge in [-0.2, -0.15) is 0 Å². The van der Waals surface area contributed by atoms with Gasteiger partial charge in [0.1, 0.15) is 5.60 Å². The zero-order chi connectivity index (χ0) is 8.32. The topological polar surface area (TPSA) is 26.3 Å². The number of rotatable bonds is 1. The van der Waals surface area contributed by atoms with Crippen molar-refractivity contribution >= 4 is 27.8 Å². The van der Waals surface area contributed by atoms with E-state index in [1.807, 2.05) is 6.92 Å². The van der Waals surface area contributed by atoms with E-state index in [1.54, 1.807) is 0 Å². The molecular formula is C7H12O2S2. The van der Waals surface area contributed by atoms with Crippen molar-refractivity contribution in [2.45, 2.75) is 38.2 Å². The summed E-state index contributed by atoms with van der Waals surface area (Å²) < 4.78 is 5.20. The van der Waals surface area contributed by atoms with Crippen molar-refractivity contribution in [3.8, 4) is 0 Å². The highest BCUT2D eigenvalue weighted by Gasteiger charge is 2.32. The first-order valence-electron chi connectivity index (χ1n) is 3.71. The molecular weight excluding hydrogens is 180 g/mol. The van der Waals surface area contributed by atoms with Crippen molar-refractivity contribution in [2.75, 3.05) is 0 Å². The minimum atomic E-state index is -0.280. The van der Waals surface area contributed by atoms with E-state index in [4.69, 9.17) is 4.74 Å². The average Bonchev–Trinajstić information content (AvgIpc) is 2.36. The van der Waals surface area contributed by atoms with Gasteiger partial charge in [-0.3, -0.25) is 0 Å². The van der Waals surface area contributed by atoms with Crippen molar-refractivity contribution < 1.29 is 9.53 Å². The molecule has 0 aliphatic heterocycles. The van der Waals surface area contributed by atoms with E-state index in [0.717, 1.165) is 23.6 Å². The molecule has 4 heteroatoms. The smallest absolute Gasteiger partial charge is 0.378 e. The molecule has 0 spiro atoms. The fraction of sp³-hybridized carbons (Fsp3) is 0.857. The number of thiol groups is 1. The number of carbonyl (C=O) groups excluding carboxylic acids is 1. The maximum absolute atomic E-state index is 10.8. The summed E-state index contributed by atoms with van der Waals surface area (Å²) in [5, 5.41) is -0.280. The molecule has 0 unspecified atom stereocenters. The Bertz CT molecular complexity index is 153. The SMILES string of the molecule is CC1(OC(=O)SS)CCCC1. The van der Waals surface area contributed by atoms with E-state index in [-0.39, 0.29) is 10.9 Å². The third-order valence-electron chi connectivity index (χ3n) is 2.07. The predicted molar refractivity (Wildman–Crippen MR) is 49.9 cm³/mol. The Morgan fingerprint density at radius 3 is 2.55 bits per heavy atom. The number of ether oxygens (including phenoxy) is 1. The van der Waals surface area contributed by atoms with Gasteiger partial charge in [-0.05, 0) is 32.6 Å². The molecule has 64 valence electrons. The number of hydrogen-bond acceptors (Lipinski definition) is 4. The molecule has 0 heterocycles. The summed E-state index contributed by atoms with van der Waals surface area (Å²) in [4.78, 5) is 10.8. The van der Waals surface area contributed by atoms with E-state index in [1.165, 1.54) is 12.8 Å². The summed E-state index contributed by atoms with van der Waals surface area (Å²) in [6.45, 7) is 1.99. The molecule has 1 fully saturated rings. The van der Waals surface area contributed by atoms with Gasteiger partial charge < -0.3 is 4.74 Å². The first-order chi connectivity index (χ1) is 5.16. The molecule has 0 aromatic rings. The average molecular weight is 192 g/mol. The molecule has 0 N–H and O–H groups in total. The van der Waals surface area contributed by atoms with Gasteiger partial charge in [-0.25, -0.2) is 4.79 Å². The Kier molecular flexibility index (Phi) is 3.13. The highest BCUT2D eigenvalue weighted by molar-refractivity contribution is 8.74. The Balaban J connectivity index is 2.39. The number of hydrogen-bond donors (Lipinski definition) is 1. The Morgan fingerprint density at radius 2 is 2.09 bits per heavy atom. The fourth-order valence-electron chi connectivity index (χ4n) is 1.44. The van der Waals surface area contributed by atoms with Gasteiger partial charge in [-0.1, -0.05) is 11.7 Å². The minimum Gasteiger partial charge on any atom is -0.451 e. The lowest BCUT2D eigenvalue weighted by Crippen LogP contribution is -2.25. The van der Waals surface area contributed by atoms with E-state index in [0.29, 0.717) is 0 Å². The van der Waals surface area contributed by atoms with Crippen LogP contribution < -0.4 is 0 Å². The van der Waals surface area contributed by atoms with Crippen LogP contribution in [0.4, 0.5) is 4.79 Å². The van der Waals surface area contributed by atoms with Crippen LogP contribution in [0.15, 0.2) is 0 Å². The molecule has 0 aromatic heterocycles. The van der Waals surface area contributed by atoms with Crippen LogP contribution >= 0.6 is 22.5 Å². The van der Waals surface area contributed by atoms with Gasteiger partial charge in [-0.15, -0.1) is 0 Å². The van der Waals surface area contributed by atoms with Crippen LogP contribution in [0.25, 0.3) is 0 Å². The van der Waals surface area contributed by atoms with E-state index in [9.17, 15) is 4.79 Å². The van der Waals surface area contributed by atoms with Crippen LogP contribution in [0.2, 0.25) is 0 Å². The summed E-state index contributed by atoms with van der Waals surface area (Å²) in [5.74, 6) is 0. The van der Waals surface area contributed by atoms with Gasteiger partial charge in [0.25, 0.3) is 0 Å². The van der Waals surface area contributed by atoms with Crippen LogP contribution in [-0.2, 0) is 4.74 Å². The molecule has 0 aromatic carbocycles. The second-order valence-corrected chi connectivity index (χ2v) is 4.16. The van der Waals surface area contributed by atoms with Crippen molar-refractivity contribution in [1.82, 2.24) is 0 Å².